The van der Waals surface area contributed by atoms with Gasteiger partial charge in [-0.05, 0) is 48.9 Å². The maximum atomic E-state index is 15.5. The Morgan fingerprint density at radius 3 is 2.66 bits per heavy atom. The predicted molar refractivity (Wildman–Crippen MR) is 136 cm³/mol. The lowest BCUT2D eigenvalue weighted by atomic mass is 9.94. The molecular formula is C26H29FN6O5. The first kappa shape index (κ1) is 26.7. The lowest BCUT2D eigenvalue weighted by molar-refractivity contribution is -0.119. The van der Waals surface area contributed by atoms with Crippen molar-refractivity contribution in [1.82, 2.24) is 10.3 Å². The molecule has 2 fully saturated rings. The number of hydrazine groups is 1. The van der Waals surface area contributed by atoms with Crippen LogP contribution in [0.25, 0.3) is 0 Å². The Hall–Kier alpha value is -4.37. The summed E-state index contributed by atoms with van der Waals surface area (Å²) >= 11 is 0. The van der Waals surface area contributed by atoms with Crippen LogP contribution in [0.2, 0.25) is 0 Å². The second-order valence-corrected chi connectivity index (χ2v) is 9.15. The molecule has 3 atom stereocenters. The number of halogens is 1. The molecule has 11 nitrogen and oxygen atoms in total. The maximum Gasteiger partial charge on any atom is 0.414 e. The highest BCUT2D eigenvalue weighted by Gasteiger charge is 2.37. The highest BCUT2D eigenvalue weighted by molar-refractivity contribution is 5.94. The summed E-state index contributed by atoms with van der Waals surface area (Å²) in [5, 5.41) is 13.1. The number of methoxy groups -OCH3 is 1. The van der Waals surface area contributed by atoms with Gasteiger partial charge in [-0.3, -0.25) is 19.5 Å². The standard InChI is InChI=1S/C26H29FN6O5/c1-16(34)30-14-21-15-32(26(36)38-21)19-5-8-23(22(27)12-19)31-10-9-17(13-28)11-24(31)33(29)25(35)18-3-6-20(37-2)7-4-18/h3-8,12,17,21,24H,9-11,14-15,29H2,1-2H3,(H,30,34). The molecule has 3 N–H and O–H groups in total. The molecule has 0 bridgehead atoms. The number of anilines is 2. The van der Waals surface area contributed by atoms with Crippen LogP contribution in [0.3, 0.4) is 0 Å². The largest absolute Gasteiger partial charge is 0.497 e. The summed E-state index contributed by atoms with van der Waals surface area (Å²) in [4.78, 5) is 39.6. The first-order valence-corrected chi connectivity index (χ1v) is 12.1. The summed E-state index contributed by atoms with van der Waals surface area (Å²) in [6, 6.07) is 13.0. The lowest BCUT2D eigenvalue weighted by Crippen LogP contribution is -2.58. The molecule has 4 rings (SSSR count). The number of cyclic esters (lactones) is 1. The van der Waals surface area contributed by atoms with Crippen molar-refractivity contribution < 1.29 is 28.2 Å². The van der Waals surface area contributed by atoms with Crippen LogP contribution in [-0.2, 0) is 9.53 Å². The van der Waals surface area contributed by atoms with Gasteiger partial charge in [-0.25, -0.2) is 15.0 Å². The van der Waals surface area contributed by atoms with E-state index in [4.69, 9.17) is 15.3 Å². The molecule has 2 aromatic rings. The Balaban J connectivity index is 1.55. The smallest absolute Gasteiger partial charge is 0.414 e. The molecule has 2 saturated heterocycles. The molecule has 2 heterocycles. The summed E-state index contributed by atoms with van der Waals surface area (Å²) in [5.41, 5.74) is 0.809. The van der Waals surface area contributed by atoms with E-state index < -0.39 is 30.1 Å². The number of hydrogen-bond donors (Lipinski definition) is 2. The van der Waals surface area contributed by atoms with Crippen molar-refractivity contribution in [2.45, 2.75) is 32.0 Å². The topological polar surface area (TPSA) is 141 Å². The Kier molecular flexibility index (Phi) is 7.97. The van der Waals surface area contributed by atoms with Gasteiger partial charge in [0.25, 0.3) is 5.91 Å². The molecular weight excluding hydrogens is 495 g/mol. The molecule has 12 heteroatoms. The second kappa shape index (κ2) is 11.4. The van der Waals surface area contributed by atoms with Crippen LogP contribution in [-0.4, -0.2) is 61.9 Å². The first-order chi connectivity index (χ1) is 18.2. The van der Waals surface area contributed by atoms with Crippen LogP contribution >= 0.6 is 0 Å². The Bertz CT molecular complexity index is 1250. The summed E-state index contributed by atoms with van der Waals surface area (Å²) in [6.07, 6.45) is -1.26. The third kappa shape index (κ3) is 5.63. The normalized spacial score (nSPS) is 20.9. The molecule has 0 aromatic heterocycles. The number of piperidine rings is 1. The fraction of sp³-hybridized carbons (Fsp3) is 0.385. The number of nitrogens with zero attached hydrogens (tertiary/aromatic N) is 4. The third-order valence-corrected chi connectivity index (χ3v) is 6.65. The van der Waals surface area contributed by atoms with Crippen LogP contribution in [0.15, 0.2) is 42.5 Å². The number of ether oxygens (including phenoxy) is 2. The number of nitrogens with one attached hydrogen (secondary N) is 1. The quantitative estimate of drug-likeness (QED) is 0.320. The molecule has 3 unspecified atom stereocenters. The summed E-state index contributed by atoms with van der Waals surface area (Å²) in [5.74, 6) is 5.16. The van der Waals surface area contributed by atoms with E-state index in [0.717, 1.165) is 5.01 Å². The van der Waals surface area contributed by atoms with E-state index in [1.807, 2.05) is 0 Å². The van der Waals surface area contributed by atoms with Gasteiger partial charge in [0, 0.05) is 25.5 Å². The minimum atomic E-state index is -0.776. The average molecular weight is 525 g/mol. The minimum Gasteiger partial charge on any atom is -0.497 e. The number of carbonyl (C=O) groups is 3. The van der Waals surface area contributed by atoms with Crippen LogP contribution in [0, 0.1) is 23.1 Å². The van der Waals surface area contributed by atoms with Crippen molar-refractivity contribution >= 4 is 29.3 Å². The fourth-order valence-corrected chi connectivity index (χ4v) is 4.62. The summed E-state index contributed by atoms with van der Waals surface area (Å²) in [6.45, 7) is 1.97. The van der Waals surface area contributed by atoms with E-state index >= 15 is 4.39 Å². The third-order valence-electron chi connectivity index (χ3n) is 6.65. The summed E-state index contributed by atoms with van der Waals surface area (Å²) in [7, 11) is 1.52. The van der Waals surface area contributed by atoms with Crippen molar-refractivity contribution in [3.8, 4) is 11.8 Å². The maximum absolute atomic E-state index is 15.5. The average Bonchev–Trinajstić information content (AvgIpc) is 3.31. The highest BCUT2D eigenvalue weighted by atomic mass is 19.1. The molecule has 2 aromatic carbocycles. The van der Waals surface area contributed by atoms with Gasteiger partial charge in [-0.2, -0.15) is 5.26 Å². The van der Waals surface area contributed by atoms with Crippen molar-refractivity contribution in [2.75, 3.05) is 36.5 Å². The van der Waals surface area contributed by atoms with Crippen LogP contribution in [0.4, 0.5) is 20.6 Å². The van der Waals surface area contributed by atoms with E-state index in [2.05, 4.69) is 11.4 Å². The minimum absolute atomic E-state index is 0.154. The van der Waals surface area contributed by atoms with Crippen LogP contribution in [0.1, 0.15) is 30.1 Å². The van der Waals surface area contributed by atoms with Crippen molar-refractivity contribution in [1.29, 1.82) is 5.26 Å². The molecule has 200 valence electrons. The predicted octanol–water partition coefficient (Wildman–Crippen LogP) is 2.38. The van der Waals surface area contributed by atoms with Gasteiger partial charge < -0.3 is 19.7 Å². The molecule has 2 aliphatic heterocycles. The number of nitrogens with two attached hydrogens (primary N) is 1. The monoisotopic (exact) mass is 524 g/mol. The molecule has 38 heavy (non-hydrogen) atoms. The van der Waals surface area contributed by atoms with Crippen LogP contribution < -0.4 is 25.7 Å². The molecule has 2 aliphatic rings. The molecule has 0 spiro atoms. The van der Waals surface area contributed by atoms with E-state index in [-0.39, 0.29) is 37.0 Å². The SMILES string of the molecule is COc1ccc(C(=O)N(N)C2CC(C#N)CCN2c2ccc(N3CC(CNC(C)=O)OC3=O)cc2F)cc1. The number of benzene rings is 2. The fourth-order valence-electron chi connectivity index (χ4n) is 4.62. The second-order valence-electron chi connectivity index (χ2n) is 9.15. The van der Waals surface area contributed by atoms with Crippen molar-refractivity contribution in [3.05, 3.63) is 53.8 Å². The molecule has 0 aliphatic carbocycles. The lowest BCUT2D eigenvalue weighted by Gasteiger charge is -2.43. The zero-order valence-corrected chi connectivity index (χ0v) is 21.1. The highest BCUT2D eigenvalue weighted by Crippen LogP contribution is 2.34. The van der Waals surface area contributed by atoms with E-state index in [9.17, 15) is 19.6 Å². The van der Waals surface area contributed by atoms with Gasteiger partial charge in [0.15, 0.2) is 0 Å². The van der Waals surface area contributed by atoms with Crippen molar-refractivity contribution in [3.63, 3.8) is 0 Å². The number of rotatable bonds is 7. The Morgan fingerprint density at radius 2 is 2.03 bits per heavy atom. The molecule has 0 saturated carbocycles. The number of nitriles is 1. The van der Waals surface area contributed by atoms with E-state index in [0.29, 0.717) is 30.0 Å². The number of carbonyl (C=O) groups excluding carboxylic acids is 3. The molecule has 0 radical (unpaired) electrons. The molecule has 3 amide bonds. The van der Waals surface area contributed by atoms with E-state index in [1.54, 1.807) is 35.2 Å². The van der Waals surface area contributed by atoms with Gasteiger partial charge in [-0.15, -0.1) is 0 Å². The zero-order valence-electron chi connectivity index (χ0n) is 21.1. The first-order valence-electron chi connectivity index (χ1n) is 12.1. The Labute approximate surface area is 219 Å². The number of hydrogen-bond acceptors (Lipinski definition) is 8. The van der Waals surface area contributed by atoms with Gasteiger partial charge in [0.2, 0.25) is 5.91 Å². The van der Waals surface area contributed by atoms with Crippen molar-refractivity contribution in [2.24, 2.45) is 11.8 Å². The van der Waals surface area contributed by atoms with Gasteiger partial charge >= 0.3 is 6.09 Å². The van der Waals surface area contributed by atoms with Gasteiger partial charge in [0.1, 0.15) is 23.8 Å². The Morgan fingerprint density at radius 1 is 1.29 bits per heavy atom. The van der Waals surface area contributed by atoms with Gasteiger partial charge in [0.05, 0.1) is 43.6 Å². The number of amides is 3. The summed E-state index contributed by atoms with van der Waals surface area (Å²) < 4.78 is 25.9. The van der Waals surface area contributed by atoms with Gasteiger partial charge in [-0.1, -0.05) is 0 Å². The van der Waals surface area contributed by atoms with Crippen LogP contribution in [0.5, 0.6) is 5.75 Å². The zero-order chi connectivity index (χ0) is 27.4. The van der Waals surface area contributed by atoms with E-state index in [1.165, 1.54) is 31.1 Å².